The number of anilines is 1. The van der Waals surface area contributed by atoms with Gasteiger partial charge in [-0.1, -0.05) is 0 Å². The third kappa shape index (κ3) is 1.65. The Kier molecular flexibility index (Phi) is 2.21. The summed E-state index contributed by atoms with van der Waals surface area (Å²) in [4.78, 5) is 6.78. The maximum atomic E-state index is 5.45. The van der Waals surface area contributed by atoms with Crippen LogP contribution in [0.5, 0.6) is 5.75 Å². The van der Waals surface area contributed by atoms with Crippen molar-refractivity contribution < 1.29 is 4.74 Å². The Hall–Kier alpha value is -1.29. The minimum atomic E-state index is 0.808. The zero-order valence-electron chi connectivity index (χ0n) is 8.70. The molecule has 1 aromatic rings. The monoisotopic (exact) mass is 205 g/mol. The first kappa shape index (κ1) is 8.97. The van der Waals surface area contributed by atoms with Crippen LogP contribution in [0, 0.1) is 0 Å². The van der Waals surface area contributed by atoms with Crippen molar-refractivity contribution >= 4 is 5.82 Å². The summed E-state index contributed by atoms with van der Waals surface area (Å²) in [6.07, 6.45) is 2.89. The Morgan fingerprint density at radius 3 is 3.07 bits per heavy atom. The molecule has 4 nitrogen and oxygen atoms in total. The van der Waals surface area contributed by atoms with Gasteiger partial charge in [0.25, 0.3) is 0 Å². The Morgan fingerprint density at radius 1 is 1.33 bits per heavy atom. The largest absolute Gasteiger partial charge is 0.491 e. The molecule has 2 aliphatic heterocycles. The van der Waals surface area contributed by atoms with Crippen molar-refractivity contribution in [2.75, 3.05) is 37.7 Å². The Labute approximate surface area is 89.3 Å². The molecule has 0 saturated carbocycles. The fourth-order valence-electron chi connectivity index (χ4n) is 2.14. The maximum absolute atomic E-state index is 5.45. The number of ether oxygens (including phenoxy) is 1. The van der Waals surface area contributed by atoms with Crippen molar-refractivity contribution in [1.29, 1.82) is 0 Å². The number of fused-ring (bicyclic) bond motifs is 1. The van der Waals surface area contributed by atoms with E-state index in [1.54, 1.807) is 0 Å². The van der Waals surface area contributed by atoms with Crippen molar-refractivity contribution in [1.82, 2.24) is 10.3 Å². The third-order valence-corrected chi connectivity index (χ3v) is 3.00. The standard InChI is InChI=1S/C11H15N3O/c1-6-15-10-8-13-11(7-9(1)10)14-4-2-12-3-5-14/h7-8,12H,1-6H2. The molecule has 0 unspecified atom stereocenters. The lowest BCUT2D eigenvalue weighted by molar-refractivity contribution is 0.355. The van der Waals surface area contributed by atoms with Gasteiger partial charge in [-0.25, -0.2) is 4.98 Å². The van der Waals surface area contributed by atoms with Crippen LogP contribution in [0.15, 0.2) is 12.3 Å². The lowest BCUT2D eigenvalue weighted by atomic mass is 10.2. The SMILES string of the molecule is c1c(N2CCNCC2)ncc2c1CCO2. The van der Waals surface area contributed by atoms with E-state index in [2.05, 4.69) is 21.3 Å². The molecule has 80 valence electrons. The first-order chi connectivity index (χ1) is 7.43. The zero-order valence-corrected chi connectivity index (χ0v) is 8.70. The van der Waals surface area contributed by atoms with Crippen LogP contribution in [-0.2, 0) is 6.42 Å². The molecular formula is C11H15N3O. The van der Waals surface area contributed by atoms with E-state index in [9.17, 15) is 0 Å². The minimum absolute atomic E-state index is 0.808. The highest BCUT2D eigenvalue weighted by molar-refractivity contribution is 5.47. The Balaban J connectivity index is 1.85. The molecule has 3 heterocycles. The first-order valence-electron chi connectivity index (χ1n) is 5.51. The van der Waals surface area contributed by atoms with E-state index in [4.69, 9.17) is 4.74 Å². The number of rotatable bonds is 1. The summed E-state index contributed by atoms with van der Waals surface area (Å²) in [5.74, 6) is 2.06. The van der Waals surface area contributed by atoms with E-state index in [1.165, 1.54) is 5.56 Å². The van der Waals surface area contributed by atoms with E-state index in [1.807, 2.05) is 6.20 Å². The summed E-state index contributed by atoms with van der Waals surface area (Å²) in [5.41, 5.74) is 1.30. The number of piperazine rings is 1. The van der Waals surface area contributed by atoms with Crippen molar-refractivity contribution in [2.45, 2.75) is 6.42 Å². The summed E-state index contributed by atoms with van der Waals surface area (Å²) in [6.45, 7) is 5.01. The smallest absolute Gasteiger partial charge is 0.141 e. The molecule has 1 N–H and O–H groups in total. The van der Waals surface area contributed by atoms with Crippen molar-refractivity contribution in [3.05, 3.63) is 17.8 Å². The fourth-order valence-corrected chi connectivity index (χ4v) is 2.14. The number of nitrogens with one attached hydrogen (secondary N) is 1. The highest BCUT2D eigenvalue weighted by Gasteiger charge is 2.17. The maximum Gasteiger partial charge on any atom is 0.141 e. The average Bonchev–Trinajstić information content (AvgIpc) is 2.77. The number of hydrogen-bond donors (Lipinski definition) is 1. The Morgan fingerprint density at radius 2 is 2.20 bits per heavy atom. The number of nitrogens with zero attached hydrogens (tertiary/aromatic N) is 2. The van der Waals surface area contributed by atoms with Gasteiger partial charge in [-0.3, -0.25) is 0 Å². The van der Waals surface area contributed by atoms with Gasteiger partial charge in [0.1, 0.15) is 11.6 Å². The second-order valence-corrected chi connectivity index (χ2v) is 3.99. The lowest BCUT2D eigenvalue weighted by Gasteiger charge is -2.28. The summed E-state index contributed by atoms with van der Waals surface area (Å²) in [5, 5.41) is 3.34. The van der Waals surface area contributed by atoms with Gasteiger partial charge in [0.2, 0.25) is 0 Å². The lowest BCUT2D eigenvalue weighted by Crippen LogP contribution is -2.43. The van der Waals surface area contributed by atoms with E-state index in [0.717, 1.165) is 50.8 Å². The molecule has 0 aromatic carbocycles. The van der Waals surface area contributed by atoms with Crippen LogP contribution in [0.4, 0.5) is 5.82 Å². The van der Waals surface area contributed by atoms with Crippen molar-refractivity contribution in [3.63, 3.8) is 0 Å². The summed E-state index contributed by atoms with van der Waals surface area (Å²) >= 11 is 0. The van der Waals surface area contributed by atoms with Gasteiger partial charge in [-0.15, -0.1) is 0 Å². The third-order valence-electron chi connectivity index (χ3n) is 3.00. The summed E-state index contributed by atoms with van der Waals surface area (Å²) in [6, 6.07) is 2.17. The molecule has 1 aromatic heterocycles. The average molecular weight is 205 g/mol. The molecular weight excluding hydrogens is 190 g/mol. The van der Waals surface area contributed by atoms with Gasteiger partial charge in [-0.2, -0.15) is 0 Å². The van der Waals surface area contributed by atoms with Gasteiger partial charge in [0.05, 0.1) is 12.8 Å². The highest BCUT2D eigenvalue weighted by Crippen LogP contribution is 2.27. The molecule has 0 spiro atoms. The minimum Gasteiger partial charge on any atom is -0.491 e. The van der Waals surface area contributed by atoms with Crippen LogP contribution in [0.1, 0.15) is 5.56 Å². The molecule has 0 atom stereocenters. The molecule has 15 heavy (non-hydrogen) atoms. The van der Waals surface area contributed by atoms with Gasteiger partial charge >= 0.3 is 0 Å². The number of hydrogen-bond acceptors (Lipinski definition) is 4. The Bertz CT molecular complexity index is 361. The predicted octanol–water partition coefficient (Wildman–Crippen LogP) is 0.426. The summed E-state index contributed by atoms with van der Waals surface area (Å²) in [7, 11) is 0. The van der Waals surface area contributed by atoms with Crippen LogP contribution in [-0.4, -0.2) is 37.8 Å². The normalized spacial score (nSPS) is 19.9. The quantitative estimate of drug-likeness (QED) is 0.721. The molecule has 1 saturated heterocycles. The van der Waals surface area contributed by atoms with E-state index in [0.29, 0.717) is 0 Å². The highest BCUT2D eigenvalue weighted by atomic mass is 16.5. The van der Waals surface area contributed by atoms with Crippen molar-refractivity contribution in [2.24, 2.45) is 0 Å². The van der Waals surface area contributed by atoms with E-state index in [-0.39, 0.29) is 0 Å². The van der Waals surface area contributed by atoms with Crippen LogP contribution in [0.3, 0.4) is 0 Å². The van der Waals surface area contributed by atoms with E-state index >= 15 is 0 Å². The molecule has 4 heteroatoms. The summed E-state index contributed by atoms with van der Waals surface area (Å²) < 4.78 is 5.45. The topological polar surface area (TPSA) is 37.4 Å². The molecule has 0 amide bonds. The molecule has 1 fully saturated rings. The van der Waals surface area contributed by atoms with Crippen molar-refractivity contribution in [3.8, 4) is 5.75 Å². The van der Waals surface area contributed by atoms with Gasteiger partial charge in [-0.05, 0) is 6.07 Å². The van der Waals surface area contributed by atoms with Gasteiger partial charge in [0.15, 0.2) is 0 Å². The predicted molar refractivity (Wildman–Crippen MR) is 58.5 cm³/mol. The van der Waals surface area contributed by atoms with Crippen LogP contribution < -0.4 is 15.0 Å². The first-order valence-corrected chi connectivity index (χ1v) is 5.51. The molecule has 3 rings (SSSR count). The number of pyridine rings is 1. The van der Waals surface area contributed by atoms with Crippen LogP contribution in [0.2, 0.25) is 0 Å². The second kappa shape index (κ2) is 3.70. The zero-order chi connectivity index (χ0) is 10.1. The second-order valence-electron chi connectivity index (χ2n) is 3.99. The number of aromatic nitrogens is 1. The fraction of sp³-hybridized carbons (Fsp3) is 0.545. The molecule has 0 aliphatic carbocycles. The molecule has 0 bridgehead atoms. The van der Waals surface area contributed by atoms with Crippen LogP contribution >= 0.6 is 0 Å². The van der Waals surface area contributed by atoms with E-state index < -0.39 is 0 Å². The molecule has 0 radical (unpaired) electrons. The molecule has 2 aliphatic rings. The van der Waals surface area contributed by atoms with Crippen LogP contribution in [0.25, 0.3) is 0 Å². The van der Waals surface area contributed by atoms with Gasteiger partial charge < -0.3 is 15.0 Å². The van der Waals surface area contributed by atoms with Gasteiger partial charge in [0, 0.05) is 38.2 Å².